The molecule has 17 heavy (non-hydrogen) atoms. The van der Waals surface area contributed by atoms with Crippen LogP contribution in [0.1, 0.15) is 12.5 Å². The maximum atomic E-state index is 6.07. The van der Waals surface area contributed by atoms with E-state index in [0.717, 1.165) is 19.6 Å². The van der Waals surface area contributed by atoms with E-state index < -0.39 is 0 Å². The van der Waals surface area contributed by atoms with Crippen molar-refractivity contribution in [1.29, 1.82) is 0 Å². The SMILES string of the molecule is CC1CN(Cc2ccccc2N(C)C)CC1N. The van der Waals surface area contributed by atoms with Crippen LogP contribution in [0.4, 0.5) is 5.69 Å². The number of likely N-dealkylation sites (tertiary alicyclic amines) is 1. The molecule has 0 spiro atoms. The minimum Gasteiger partial charge on any atom is -0.377 e. The number of nitrogens with two attached hydrogens (primary N) is 1. The molecule has 2 atom stereocenters. The fourth-order valence-corrected chi connectivity index (χ4v) is 2.55. The lowest BCUT2D eigenvalue weighted by Crippen LogP contribution is -2.28. The molecular formula is C14H23N3. The number of rotatable bonds is 3. The molecule has 2 N–H and O–H groups in total. The highest BCUT2D eigenvalue weighted by atomic mass is 15.2. The third kappa shape index (κ3) is 2.79. The van der Waals surface area contributed by atoms with Crippen molar-refractivity contribution in [3.8, 4) is 0 Å². The molecule has 2 rings (SSSR count). The van der Waals surface area contributed by atoms with Gasteiger partial charge in [0, 0.05) is 45.5 Å². The Hall–Kier alpha value is -1.06. The van der Waals surface area contributed by atoms with Crippen molar-refractivity contribution in [2.45, 2.75) is 19.5 Å². The Kier molecular flexibility index (Phi) is 3.69. The van der Waals surface area contributed by atoms with E-state index in [9.17, 15) is 0 Å². The van der Waals surface area contributed by atoms with E-state index in [4.69, 9.17) is 5.73 Å². The van der Waals surface area contributed by atoms with Gasteiger partial charge in [-0.25, -0.2) is 0 Å². The molecule has 0 bridgehead atoms. The van der Waals surface area contributed by atoms with Crippen molar-refractivity contribution in [2.75, 3.05) is 32.1 Å². The summed E-state index contributed by atoms with van der Waals surface area (Å²) in [6.45, 7) is 5.38. The first-order chi connectivity index (χ1) is 8.08. The van der Waals surface area contributed by atoms with E-state index in [1.807, 2.05) is 0 Å². The van der Waals surface area contributed by atoms with Gasteiger partial charge < -0.3 is 10.6 Å². The van der Waals surface area contributed by atoms with Crippen LogP contribution in [0, 0.1) is 5.92 Å². The molecule has 0 aromatic heterocycles. The lowest BCUT2D eigenvalue weighted by molar-refractivity contribution is 0.319. The molecule has 0 amide bonds. The van der Waals surface area contributed by atoms with Crippen molar-refractivity contribution in [3.05, 3.63) is 29.8 Å². The maximum Gasteiger partial charge on any atom is 0.0406 e. The molecular weight excluding hydrogens is 210 g/mol. The predicted molar refractivity (Wildman–Crippen MR) is 73.2 cm³/mol. The van der Waals surface area contributed by atoms with Crippen molar-refractivity contribution in [2.24, 2.45) is 11.7 Å². The van der Waals surface area contributed by atoms with Crippen LogP contribution in [0.2, 0.25) is 0 Å². The maximum absolute atomic E-state index is 6.07. The summed E-state index contributed by atoms with van der Waals surface area (Å²) >= 11 is 0. The lowest BCUT2D eigenvalue weighted by Gasteiger charge is -2.21. The van der Waals surface area contributed by atoms with E-state index in [0.29, 0.717) is 12.0 Å². The van der Waals surface area contributed by atoms with Gasteiger partial charge in [-0.05, 0) is 17.5 Å². The van der Waals surface area contributed by atoms with Gasteiger partial charge >= 0.3 is 0 Å². The van der Waals surface area contributed by atoms with Crippen LogP contribution in [0.3, 0.4) is 0 Å². The van der Waals surface area contributed by atoms with Crippen LogP contribution in [-0.2, 0) is 6.54 Å². The average Bonchev–Trinajstić information content (AvgIpc) is 2.58. The first-order valence-electron chi connectivity index (χ1n) is 6.31. The molecule has 1 saturated heterocycles. The van der Waals surface area contributed by atoms with Crippen molar-refractivity contribution in [1.82, 2.24) is 4.90 Å². The Balaban J connectivity index is 2.09. The van der Waals surface area contributed by atoms with Gasteiger partial charge in [0.25, 0.3) is 0 Å². The van der Waals surface area contributed by atoms with Crippen LogP contribution in [0.5, 0.6) is 0 Å². The van der Waals surface area contributed by atoms with Crippen LogP contribution in [-0.4, -0.2) is 38.1 Å². The van der Waals surface area contributed by atoms with Gasteiger partial charge in [0.15, 0.2) is 0 Å². The van der Waals surface area contributed by atoms with Gasteiger partial charge in [-0.15, -0.1) is 0 Å². The molecule has 0 radical (unpaired) electrons. The molecule has 3 nitrogen and oxygen atoms in total. The molecule has 1 aromatic carbocycles. The van der Waals surface area contributed by atoms with Crippen LogP contribution in [0.25, 0.3) is 0 Å². The second kappa shape index (κ2) is 5.07. The zero-order valence-electron chi connectivity index (χ0n) is 11.1. The average molecular weight is 233 g/mol. The normalized spacial score (nSPS) is 25.2. The third-order valence-corrected chi connectivity index (χ3v) is 3.61. The smallest absolute Gasteiger partial charge is 0.0406 e. The fraction of sp³-hybridized carbons (Fsp3) is 0.571. The topological polar surface area (TPSA) is 32.5 Å². The van der Waals surface area contributed by atoms with E-state index >= 15 is 0 Å². The summed E-state index contributed by atoms with van der Waals surface area (Å²) in [5.74, 6) is 0.613. The second-order valence-corrected chi connectivity index (χ2v) is 5.36. The zero-order valence-corrected chi connectivity index (χ0v) is 11.1. The number of hydrogen-bond donors (Lipinski definition) is 1. The Bertz CT molecular complexity index is 365. The van der Waals surface area contributed by atoms with Crippen molar-refractivity contribution >= 4 is 5.69 Å². The molecule has 3 heteroatoms. The summed E-state index contributed by atoms with van der Waals surface area (Å²) in [5, 5.41) is 0. The first kappa shape index (κ1) is 12.4. The first-order valence-corrected chi connectivity index (χ1v) is 6.31. The Morgan fingerprint density at radius 3 is 2.59 bits per heavy atom. The predicted octanol–water partition coefficient (Wildman–Crippen LogP) is 1.53. The highest BCUT2D eigenvalue weighted by Gasteiger charge is 2.26. The monoisotopic (exact) mass is 233 g/mol. The highest BCUT2D eigenvalue weighted by Crippen LogP contribution is 2.23. The van der Waals surface area contributed by atoms with E-state index in [1.165, 1.54) is 11.3 Å². The quantitative estimate of drug-likeness (QED) is 0.859. The number of hydrogen-bond acceptors (Lipinski definition) is 3. The van der Waals surface area contributed by atoms with Gasteiger partial charge in [0.1, 0.15) is 0 Å². The van der Waals surface area contributed by atoms with E-state index in [2.05, 4.69) is 55.1 Å². The number of nitrogens with zero attached hydrogens (tertiary/aromatic N) is 2. The Morgan fingerprint density at radius 2 is 2.00 bits per heavy atom. The summed E-state index contributed by atoms with van der Waals surface area (Å²) < 4.78 is 0. The molecule has 2 unspecified atom stereocenters. The highest BCUT2D eigenvalue weighted by molar-refractivity contribution is 5.52. The van der Waals surface area contributed by atoms with Gasteiger partial charge in [0.2, 0.25) is 0 Å². The summed E-state index contributed by atoms with van der Waals surface area (Å²) in [7, 11) is 4.19. The summed E-state index contributed by atoms with van der Waals surface area (Å²) in [5.41, 5.74) is 8.76. The summed E-state index contributed by atoms with van der Waals surface area (Å²) in [4.78, 5) is 4.63. The molecule has 94 valence electrons. The number of benzene rings is 1. The lowest BCUT2D eigenvalue weighted by atomic mass is 10.1. The molecule has 1 fully saturated rings. The van der Waals surface area contributed by atoms with Gasteiger partial charge in [-0.1, -0.05) is 25.1 Å². The molecule has 1 heterocycles. The van der Waals surface area contributed by atoms with Crippen LogP contribution in [0.15, 0.2) is 24.3 Å². The molecule has 0 aliphatic carbocycles. The minimum atomic E-state index is 0.335. The largest absolute Gasteiger partial charge is 0.377 e. The van der Waals surface area contributed by atoms with E-state index in [-0.39, 0.29) is 0 Å². The summed E-state index contributed by atoms with van der Waals surface area (Å²) in [6.07, 6.45) is 0. The Morgan fingerprint density at radius 1 is 1.29 bits per heavy atom. The van der Waals surface area contributed by atoms with Crippen molar-refractivity contribution in [3.63, 3.8) is 0 Å². The number of para-hydroxylation sites is 1. The van der Waals surface area contributed by atoms with Crippen LogP contribution < -0.4 is 10.6 Å². The minimum absolute atomic E-state index is 0.335. The van der Waals surface area contributed by atoms with E-state index in [1.54, 1.807) is 0 Å². The third-order valence-electron chi connectivity index (χ3n) is 3.61. The Labute approximate surface area is 104 Å². The molecule has 0 saturated carbocycles. The molecule has 1 aliphatic rings. The number of anilines is 1. The molecule has 1 aliphatic heterocycles. The standard InChI is InChI=1S/C14H23N3/c1-11-8-17(10-13(11)15)9-12-6-4-5-7-14(12)16(2)3/h4-7,11,13H,8-10,15H2,1-3H3. The van der Waals surface area contributed by atoms with Gasteiger partial charge in [0.05, 0.1) is 0 Å². The fourth-order valence-electron chi connectivity index (χ4n) is 2.55. The van der Waals surface area contributed by atoms with Gasteiger partial charge in [-0.2, -0.15) is 0 Å². The van der Waals surface area contributed by atoms with Gasteiger partial charge in [-0.3, -0.25) is 4.90 Å². The molecule has 1 aromatic rings. The zero-order chi connectivity index (χ0) is 12.4. The second-order valence-electron chi connectivity index (χ2n) is 5.36. The summed E-state index contributed by atoms with van der Waals surface area (Å²) in [6, 6.07) is 8.93. The van der Waals surface area contributed by atoms with Crippen molar-refractivity contribution < 1.29 is 0 Å². The van der Waals surface area contributed by atoms with Crippen LogP contribution >= 0.6 is 0 Å².